The van der Waals surface area contributed by atoms with Crippen molar-refractivity contribution in [3.05, 3.63) is 39.9 Å². The molecule has 10 heteroatoms. The van der Waals surface area contributed by atoms with Crippen LogP contribution in [0.2, 0.25) is 0 Å². The summed E-state index contributed by atoms with van der Waals surface area (Å²) >= 11 is 0. The Bertz CT molecular complexity index is 609. The second kappa shape index (κ2) is 5.64. The predicted molar refractivity (Wildman–Crippen MR) is 63.7 cm³/mol. The van der Waals surface area contributed by atoms with E-state index in [2.05, 4.69) is 0 Å². The lowest BCUT2D eigenvalue weighted by Gasteiger charge is -2.24. The van der Waals surface area contributed by atoms with Crippen LogP contribution < -0.4 is 0 Å². The van der Waals surface area contributed by atoms with Gasteiger partial charge in [0.25, 0.3) is 11.3 Å². The molecule has 0 amide bonds. The van der Waals surface area contributed by atoms with Crippen LogP contribution >= 0.6 is 0 Å². The van der Waals surface area contributed by atoms with Gasteiger partial charge in [0.15, 0.2) is 6.10 Å². The van der Waals surface area contributed by atoms with Crippen LogP contribution in [0.15, 0.2) is 24.3 Å². The molecule has 0 aliphatic rings. The quantitative estimate of drug-likeness (QED) is 0.223. The number of rotatable bonds is 6. The van der Waals surface area contributed by atoms with Gasteiger partial charge in [-0.25, -0.2) is 9.59 Å². The van der Waals surface area contributed by atoms with Gasteiger partial charge < -0.3 is 20.4 Å². The summed E-state index contributed by atoms with van der Waals surface area (Å²) in [6.07, 6.45) is -2.90. The van der Waals surface area contributed by atoms with Crippen molar-refractivity contribution in [3.63, 3.8) is 0 Å². The lowest BCUT2D eigenvalue weighted by molar-refractivity contribution is -0.384. The first kappa shape index (κ1) is 16.2. The first-order valence-electron chi connectivity index (χ1n) is 5.28. The molecule has 0 bridgehead atoms. The molecule has 21 heavy (non-hydrogen) atoms. The SMILES string of the molecule is O=C(O)C(O)C(O)(C(=O)O)C(=O)c1ccc([N+](=O)[O-])cc1. The summed E-state index contributed by atoms with van der Waals surface area (Å²) in [5.74, 6) is -5.99. The Morgan fingerprint density at radius 3 is 1.95 bits per heavy atom. The van der Waals surface area contributed by atoms with Crippen molar-refractivity contribution in [2.75, 3.05) is 0 Å². The predicted octanol–water partition coefficient (Wildman–Crippen LogP) is -0.961. The van der Waals surface area contributed by atoms with Crippen molar-refractivity contribution in [1.82, 2.24) is 0 Å². The Labute approximate surface area is 116 Å². The summed E-state index contributed by atoms with van der Waals surface area (Å²) in [6, 6.07) is 3.40. The molecule has 0 fully saturated rings. The molecule has 112 valence electrons. The number of benzene rings is 1. The fourth-order valence-electron chi connectivity index (χ4n) is 1.47. The van der Waals surface area contributed by atoms with Crippen molar-refractivity contribution in [3.8, 4) is 0 Å². The van der Waals surface area contributed by atoms with Crippen molar-refractivity contribution >= 4 is 23.4 Å². The topological polar surface area (TPSA) is 175 Å². The van der Waals surface area contributed by atoms with E-state index in [-0.39, 0.29) is 0 Å². The van der Waals surface area contributed by atoms with E-state index in [1.165, 1.54) is 0 Å². The molecule has 1 aromatic carbocycles. The number of ketones is 1. The van der Waals surface area contributed by atoms with Gasteiger partial charge in [-0.3, -0.25) is 14.9 Å². The summed E-state index contributed by atoms with van der Waals surface area (Å²) in [7, 11) is 0. The first-order chi connectivity index (χ1) is 9.62. The Kier molecular flexibility index (Phi) is 4.36. The zero-order valence-electron chi connectivity index (χ0n) is 10.2. The molecule has 0 radical (unpaired) electrons. The minimum absolute atomic E-state index is 0.399. The van der Waals surface area contributed by atoms with E-state index in [1.54, 1.807) is 0 Å². The van der Waals surface area contributed by atoms with Crippen LogP contribution in [0.4, 0.5) is 5.69 Å². The third-order valence-corrected chi connectivity index (χ3v) is 2.64. The van der Waals surface area contributed by atoms with Gasteiger partial charge in [0, 0.05) is 17.7 Å². The number of non-ortho nitro benzene ring substituents is 1. The molecule has 0 aliphatic heterocycles. The van der Waals surface area contributed by atoms with Crippen molar-refractivity contribution in [2.45, 2.75) is 11.7 Å². The minimum Gasteiger partial charge on any atom is -0.479 e. The van der Waals surface area contributed by atoms with Crippen molar-refractivity contribution < 1.29 is 39.7 Å². The van der Waals surface area contributed by atoms with Crippen LogP contribution in [-0.4, -0.2) is 54.8 Å². The lowest BCUT2D eigenvalue weighted by Crippen LogP contribution is -2.58. The second-order valence-corrected chi connectivity index (χ2v) is 3.95. The van der Waals surface area contributed by atoms with Gasteiger partial charge in [-0.1, -0.05) is 0 Å². The third kappa shape index (κ3) is 2.85. The fourth-order valence-corrected chi connectivity index (χ4v) is 1.47. The first-order valence-corrected chi connectivity index (χ1v) is 5.28. The van der Waals surface area contributed by atoms with Crippen molar-refractivity contribution in [1.29, 1.82) is 0 Å². The number of aliphatic hydroxyl groups is 2. The van der Waals surface area contributed by atoms with Crippen LogP contribution in [0.1, 0.15) is 10.4 Å². The average Bonchev–Trinajstić information content (AvgIpc) is 2.44. The number of aliphatic carboxylic acids is 2. The van der Waals surface area contributed by atoms with Crippen LogP contribution in [0.3, 0.4) is 0 Å². The highest BCUT2D eigenvalue weighted by molar-refractivity contribution is 6.17. The molecule has 1 aromatic rings. The minimum atomic E-state index is -3.61. The standard InChI is InChI=1S/C11H9NO9/c13-7(5-1-3-6(4-2-5)12(20)21)11(19,10(17)18)8(14)9(15)16/h1-4,8,14,19H,(H,15,16)(H,17,18). The van der Waals surface area contributed by atoms with Crippen LogP contribution in [0, 0.1) is 10.1 Å². The van der Waals surface area contributed by atoms with E-state index in [4.69, 9.17) is 10.2 Å². The number of carboxylic acids is 2. The maximum Gasteiger partial charge on any atom is 0.347 e. The number of hydrogen-bond acceptors (Lipinski definition) is 7. The van der Waals surface area contributed by atoms with Crippen LogP contribution in [-0.2, 0) is 9.59 Å². The van der Waals surface area contributed by atoms with Gasteiger partial charge >= 0.3 is 11.9 Å². The number of hydrogen-bond donors (Lipinski definition) is 4. The Morgan fingerprint density at radius 1 is 1.14 bits per heavy atom. The zero-order valence-corrected chi connectivity index (χ0v) is 10.2. The number of nitro groups is 1. The highest BCUT2D eigenvalue weighted by Crippen LogP contribution is 2.21. The molecule has 0 saturated carbocycles. The van der Waals surface area contributed by atoms with E-state index < -0.39 is 45.6 Å². The summed E-state index contributed by atoms with van der Waals surface area (Å²) < 4.78 is 0. The number of aliphatic hydroxyl groups excluding tert-OH is 1. The molecule has 1 rings (SSSR count). The molecule has 2 atom stereocenters. The van der Waals surface area contributed by atoms with E-state index in [1.807, 2.05) is 0 Å². The number of carbonyl (C=O) groups excluding carboxylic acids is 1. The fraction of sp³-hybridized carbons (Fsp3) is 0.182. The molecule has 0 aromatic heterocycles. The second-order valence-electron chi connectivity index (χ2n) is 3.95. The highest BCUT2D eigenvalue weighted by Gasteiger charge is 2.54. The molecule has 0 saturated heterocycles. The average molecular weight is 299 g/mol. The molecule has 0 heterocycles. The molecule has 0 aliphatic carbocycles. The maximum absolute atomic E-state index is 11.9. The molecular weight excluding hydrogens is 290 g/mol. The number of carboxylic acid groups (broad SMARTS) is 2. The zero-order chi connectivity index (χ0) is 16.4. The van der Waals surface area contributed by atoms with Gasteiger partial charge in [-0.05, 0) is 12.1 Å². The summed E-state index contributed by atoms with van der Waals surface area (Å²) in [5, 5.41) is 46.8. The molecular formula is C11H9NO9. The molecule has 0 spiro atoms. The van der Waals surface area contributed by atoms with Gasteiger partial charge in [-0.2, -0.15) is 0 Å². The van der Waals surface area contributed by atoms with E-state index in [9.17, 15) is 34.7 Å². The third-order valence-electron chi connectivity index (χ3n) is 2.64. The molecule has 4 N–H and O–H groups in total. The smallest absolute Gasteiger partial charge is 0.347 e. The van der Waals surface area contributed by atoms with Gasteiger partial charge in [0.05, 0.1) is 4.92 Å². The molecule has 2 unspecified atom stereocenters. The van der Waals surface area contributed by atoms with Crippen LogP contribution in [0.25, 0.3) is 0 Å². The normalized spacial score (nSPS) is 14.8. The Hall–Kier alpha value is -2.85. The largest absolute Gasteiger partial charge is 0.479 e. The number of carbonyl (C=O) groups is 3. The summed E-state index contributed by atoms with van der Waals surface area (Å²) in [6.45, 7) is 0. The number of nitrogens with zero attached hydrogens (tertiary/aromatic N) is 1. The Morgan fingerprint density at radius 2 is 1.62 bits per heavy atom. The number of nitro benzene ring substituents is 1. The van der Waals surface area contributed by atoms with Crippen LogP contribution in [0.5, 0.6) is 0 Å². The number of Topliss-reactive ketones (excluding diaryl/α,β-unsaturated/α-hetero) is 1. The van der Waals surface area contributed by atoms with E-state index in [0.717, 1.165) is 24.3 Å². The van der Waals surface area contributed by atoms with E-state index >= 15 is 0 Å². The van der Waals surface area contributed by atoms with Crippen molar-refractivity contribution in [2.24, 2.45) is 0 Å². The summed E-state index contributed by atoms with van der Waals surface area (Å²) in [4.78, 5) is 43.2. The monoisotopic (exact) mass is 299 g/mol. The Balaban J connectivity index is 3.27. The lowest BCUT2D eigenvalue weighted by atomic mass is 9.87. The molecule has 10 nitrogen and oxygen atoms in total. The van der Waals surface area contributed by atoms with Gasteiger partial charge in [0.1, 0.15) is 0 Å². The summed E-state index contributed by atoms with van der Waals surface area (Å²) in [5.41, 5.74) is -4.52. The van der Waals surface area contributed by atoms with Gasteiger partial charge in [0.2, 0.25) is 5.78 Å². The van der Waals surface area contributed by atoms with Gasteiger partial charge in [-0.15, -0.1) is 0 Å². The maximum atomic E-state index is 11.9. The highest BCUT2D eigenvalue weighted by atomic mass is 16.6. The van der Waals surface area contributed by atoms with E-state index in [0.29, 0.717) is 0 Å².